The van der Waals surface area contributed by atoms with E-state index in [4.69, 9.17) is 20.3 Å². The Morgan fingerprint density at radius 3 is 2.31 bits per heavy atom. The molecule has 1 aliphatic carbocycles. The Morgan fingerprint density at radius 1 is 1.00 bits per heavy atom. The number of anilines is 1. The highest BCUT2D eigenvalue weighted by Gasteiger charge is 2.29. The fourth-order valence-corrected chi connectivity index (χ4v) is 6.61. The molecule has 1 aromatic carbocycles. The first-order valence-corrected chi connectivity index (χ1v) is 22.3. The quantitative estimate of drug-likeness (QED) is 0.0407. The van der Waals surface area contributed by atoms with Crippen LogP contribution in [0.5, 0.6) is 0 Å². The lowest BCUT2D eigenvalue weighted by Crippen LogP contribution is -2.45. The molecule has 3 rings (SSSR count). The minimum absolute atomic E-state index is 0.00476. The molecule has 8 N–H and O–H groups in total. The number of aliphatic hydroxyl groups excluding tert-OH is 1. The van der Waals surface area contributed by atoms with Crippen molar-refractivity contribution in [2.24, 2.45) is 23.5 Å². The van der Waals surface area contributed by atoms with E-state index >= 15 is 0 Å². The highest BCUT2D eigenvalue weighted by Crippen LogP contribution is 2.29. The number of unbranched alkanes of at least 4 members (excludes halogenated alkanes) is 1. The van der Waals surface area contributed by atoms with Gasteiger partial charge >= 0.3 is 6.09 Å². The normalized spacial score (nSPS) is 15.2. The van der Waals surface area contributed by atoms with E-state index in [0.29, 0.717) is 75.6 Å². The molecule has 1 aliphatic rings. The summed E-state index contributed by atoms with van der Waals surface area (Å²) in [5, 5.41) is 30.8. The minimum Gasteiger partial charge on any atom is -0.445 e. The first kappa shape index (κ1) is 55.4. The fourth-order valence-electron chi connectivity index (χ4n) is 6.61. The van der Waals surface area contributed by atoms with Crippen molar-refractivity contribution in [3.05, 3.63) is 53.9 Å². The Morgan fingerprint density at radius 2 is 1.69 bits per heavy atom. The minimum atomic E-state index is -0.784. The Balaban J connectivity index is 0.000000452. The third kappa shape index (κ3) is 22.1. The van der Waals surface area contributed by atoms with E-state index < -0.39 is 18.0 Å². The highest BCUT2D eigenvalue weighted by molar-refractivity contribution is 5.97. The van der Waals surface area contributed by atoms with Crippen molar-refractivity contribution in [1.29, 1.82) is 0 Å². The second kappa shape index (κ2) is 30.4. The topological polar surface area (TPSA) is 278 Å². The molecule has 1 fully saturated rings. The van der Waals surface area contributed by atoms with Crippen molar-refractivity contribution < 1.29 is 48.1 Å². The average Bonchev–Trinajstić information content (AvgIpc) is 3.77. The third-order valence-corrected chi connectivity index (χ3v) is 10.6. The van der Waals surface area contributed by atoms with E-state index in [9.17, 15) is 33.6 Å². The van der Waals surface area contributed by atoms with Crippen LogP contribution in [0.3, 0.4) is 0 Å². The summed E-state index contributed by atoms with van der Waals surface area (Å²) < 4.78 is 11.9. The van der Waals surface area contributed by atoms with Crippen LogP contribution in [0.1, 0.15) is 104 Å². The summed E-state index contributed by atoms with van der Waals surface area (Å²) in [6, 6.07) is 6.02. The van der Waals surface area contributed by atoms with Gasteiger partial charge in [0.15, 0.2) is 0 Å². The van der Waals surface area contributed by atoms with Gasteiger partial charge in [0.2, 0.25) is 30.0 Å². The Hall–Kier alpha value is -5.73. The number of imide groups is 1. The van der Waals surface area contributed by atoms with Gasteiger partial charge in [0, 0.05) is 38.3 Å². The van der Waals surface area contributed by atoms with Crippen molar-refractivity contribution in [2.45, 2.75) is 117 Å². The van der Waals surface area contributed by atoms with Gasteiger partial charge in [-0.25, -0.2) is 9.48 Å². The first-order chi connectivity index (χ1) is 31.0. The number of alkyl carbamates (subject to hydrolysis) is 1. The number of nitrogens with zero attached hydrogens (tertiary/aromatic N) is 4. The van der Waals surface area contributed by atoms with E-state index in [1.54, 1.807) is 48.1 Å². The lowest BCUT2D eigenvalue weighted by molar-refractivity contribution is -0.136. The van der Waals surface area contributed by atoms with Gasteiger partial charge in [-0.05, 0) is 121 Å². The van der Waals surface area contributed by atoms with Crippen LogP contribution in [0.2, 0.25) is 0 Å². The molecule has 1 aromatic heterocycles. The summed E-state index contributed by atoms with van der Waals surface area (Å²) in [5.74, 6) is -0.839. The van der Waals surface area contributed by atoms with Gasteiger partial charge in [0.05, 0.1) is 18.3 Å². The van der Waals surface area contributed by atoms with Crippen molar-refractivity contribution in [3.63, 3.8) is 0 Å². The predicted octanol–water partition coefficient (Wildman–Crippen LogP) is 2.65. The number of aliphatic hydroxyl groups is 1. The molecule has 1 atom stereocenters. The SMILES string of the molecule is C/C=C\C(=O)N(C=O)CC1CCC(C(=O)NCc2cn(C(C)(C)CCO)nn2)CC1.CNC(=O)OCc1ccc(NC(=O)C(CCCCN)NC(=O)COCC(=O)NCCC(C)C)cc1. The van der Waals surface area contributed by atoms with Gasteiger partial charge in [-0.3, -0.25) is 33.7 Å². The zero-order valence-electron chi connectivity index (χ0n) is 38.9. The molecule has 0 spiro atoms. The van der Waals surface area contributed by atoms with Crippen molar-refractivity contribution >= 4 is 47.7 Å². The zero-order chi connectivity index (χ0) is 48.2. The number of nitrogens with two attached hydrogens (primary N) is 1. The smallest absolute Gasteiger partial charge is 0.407 e. The van der Waals surface area contributed by atoms with E-state index in [1.165, 1.54) is 18.0 Å². The molecule has 0 radical (unpaired) electrons. The number of benzene rings is 1. The van der Waals surface area contributed by atoms with Gasteiger partial charge in [0.25, 0.3) is 5.91 Å². The van der Waals surface area contributed by atoms with Crippen LogP contribution < -0.4 is 32.3 Å². The van der Waals surface area contributed by atoms with Crippen LogP contribution >= 0.6 is 0 Å². The van der Waals surface area contributed by atoms with Crippen LogP contribution in [0.25, 0.3) is 0 Å². The number of nitrogens with one attached hydrogen (secondary N) is 5. The lowest BCUT2D eigenvalue weighted by Gasteiger charge is -2.29. The maximum absolute atomic E-state index is 12.8. The highest BCUT2D eigenvalue weighted by atomic mass is 16.5. The van der Waals surface area contributed by atoms with E-state index in [1.807, 2.05) is 13.8 Å². The molecular weight excluding hydrogens is 841 g/mol. The Bertz CT molecular complexity index is 1810. The number of ether oxygens (including phenoxy) is 2. The molecular formula is C45H72N10O10. The van der Waals surface area contributed by atoms with Gasteiger partial charge < -0.3 is 46.9 Å². The van der Waals surface area contributed by atoms with Gasteiger partial charge in [-0.2, -0.15) is 0 Å². The largest absolute Gasteiger partial charge is 0.445 e. The molecule has 1 saturated carbocycles. The molecule has 20 nitrogen and oxygen atoms in total. The number of aromatic nitrogens is 3. The van der Waals surface area contributed by atoms with Crippen LogP contribution in [0, 0.1) is 17.8 Å². The van der Waals surface area contributed by atoms with E-state index in [0.717, 1.165) is 37.7 Å². The van der Waals surface area contributed by atoms with Crippen LogP contribution in [-0.2, 0) is 56.9 Å². The maximum Gasteiger partial charge on any atom is 0.407 e. The lowest BCUT2D eigenvalue weighted by atomic mass is 9.81. The summed E-state index contributed by atoms with van der Waals surface area (Å²) >= 11 is 0. The number of carbonyl (C=O) groups excluding carboxylic acids is 7. The van der Waals surface area contributed by atoms with Crippen LogP contribution in [-0.4, -0.2) is 120 Å². The molecule has 65 heavy (non-hydrogen) atoms. The van der Waals surface area contributed by atoms with Gasteiger partial charge in [-0.15, -0.1) is 5.10 Å². The number of hydrogen-bond donors (Lipinski definition) is 7. The van der Waals surface area contributed by atoms with E-state index in [2.05, 4.69) is 50.7 Å². The van der Waals surface area contributed by atoms with Crippen LogP contribution in [0.15, 0.2) is 42.6 Å². The van der Waals surface area contributed by atoms with Crippen molar-refractivity contribution in [3.8, 4) is 0 Å². The number of carbonyl (C=O) groups is 7. The molecule has 0 aliphatic heterocycles. The van der Waals surface area contributed by atoms with Gasteiger partial charge in [0.1, 0.15) is 31.6 Å². The van der Waals surface area contributed by atoms with Crippen LogP contribution in [0.4, 0.5) is 10.5 Å². The maximum atomic E-state index is 12.8. The number of allylic oxidation sites excluding steroid dienone is 1. The van der Waals surface area contributed by atoms with E-state index in [-0.39, 0.29) is 67.4 Å². The molecule has 362 valence electrons. The standard InChI is InChI=1S/C24H39N5O6.C21H33N5O4/c1-17(2)11-13-27-21(30)15-34-16-22(31)29-20(6-4-5-12-25)23(32)28-19-9-7-18(8-10-19)14-35-24(33)26-3;1-4-5-19(29)25(15-28)13-16-6-8-17(9-7-16)20(30)22-12-18-14-26(24-23-18)21(2,3)10-11-27/h7-10,17,20H,4-6,11-16,25H2,1-3H3,(H,26,33)(H,27,30)(H,28,32)(H,29,31);4-5,14-17,27H,6-13H2,1-3H3,(H,22,30)/b;5-4-. The zero-order valence-corrected chi connectivity index (χ0v) is 38.9. The fraction of sp³-hybridized carbons (Fsp3) is 0.622. The molecule has 0 saturated heterocycles. The van der Waals surface area contributed by atoms with Gasteiger partial charge in [-0.1, -0.05) is 37.3 Å². The molecule has 1 heterocycles. The summed E-state index contributed by atoms with van der Waals surface area (Å²) in [6.45, 7) is 11.1. The molecule has 0 bridgehead atoms. The summed E-state index contributed by atoms with van der Waals surface area (Å²) in [6.07, 6.45) is 11.1. The second-order valence-electron chi connectivity index (χ2n) is 16.9. The summed E-state index contributed by atoms with van der Waals surface area (Å²) in [4.78, 5) is 84.8. The molecule has 20 heteroatoms. The first-order valence-electron chi connectivity index (χ1n) is 22.3. The number of rotatable bonds is 26. The molecule has 1 unspecified atom stereocenters. The average molecular weight is 913 g/mol. The Labute approximate surface area is 382 Å². The third-order valence-electron chi connectivity index (χ3n) is 10.6. The van der Waals surface area contributed by atoms with Crippen molar-refractivity contribution in [2.75, 3.05) is 51.8 Å². The molecule has 2 aromatic rings. The van der Waals surface area contributed by atoms with Crippen molar-refractivity contribution in [1.82, 2.24) is 41.2 Å². The Kier molecular flexibility index (Phi) is 25.9. The molecule has 7 amide bonds. The number of amides is 7. The predicted molar refractivity (Wildman–Crippen MR) is 243 cm³/mol. The second-order valence-corrected chi connectivity index (χ2v) is 16.9. The monoisotopic (exact) mass is 913 g/mol. The summed E-state index contributed by atoms with van der Waals surface area (Å²) in [5.41, 5.74) is 7.17. The summed E-state index contributed by atoms with van der Waals surface area (Å²) in [7, 11) is 1.47. The number of hydrogen-bond acceptors (Lipinski definition) is 13.